The minimum atomic E-state index is -4.19. The molecule has 0 radical (unpaired) electrons. The first kappa shape index (κ1) is 15.3. The van der Waals surface area contributed by atoms with E-state index in [2.05, 4.69) is 9.71 Å². The van der Waals surface area contributed by atoms with Gasteiger partial charge in [0, 0.05) is 6.20 Å². The number of rotatable bonds is 4. The third-order valence-corrected chi connectivity index (χ3v) is 4.40. The van der Waals surface area contributed by atoms with Crippen LogP contribution in [0.4, 0.5) is 14.5 Å². The number of nitrogens with two attached hydrogens (primary N) is 1. The molecule has 1 atom stereocenters. The fourth-order valence-electron chi connectivity index (χ4n) is 1.75. The summed E-state index contributed by atoms with van der Waals surface area (Å²) in [5.41, 5.74) is 4.81. The highest BCUT2D eigenvalue weighted by Gasteiger charge is 2.25. The van der Waals surface area contributed by atoms with Crippen molar-refractivity contribution in [3.05, 3.63) is 53.9 Å². The number of anilines is 1. The fraction of sp³-hybridized carbons (Fsp3) is 0.154. The smallest absolute Gasteiger partial charge is 0.244 e. The molecule has 0 saturated heterocycles. The van der Waals surface area contributed by atoms with Crippen LogP contribution < -0.4 is 10.5 Å². The monoisotopic (exact) mass is 313 g/mol. The molecule has 8 heteroatoms. The molecule has 0 aliphatic rings. The van der Waals surface area contributed by atoms with Gasteiger partial charge < -0.3 is 5.73 Å². The summed E-state index contributed by atoms with van der Waals surface area (Å²) < 4.78 is 53.5. The number of sulfonamides is 1. The summed E-state index contributed by atoms with van der Waals surface area (Å²) in [7, 11) is -4.19. The van der Waals surface area contributed by atoms with E-state index in [4.69, 9.17) is 5.73 Å². The van der Waals surface area contributed by atoms with Crippen molar-refractivity contribution in [2.75, 3.05) is 5.73 Å². The Balaban J connectivity index is 2.33. The van der Waals surface area contributed by atoms with Crippen molar-refractivity contribution in [1.82, 2.24) is 9.71 Å². The van der Waals surface area contributed by atoms with Gasteiger partial charge >= 0.3 is 0 Å². The van der Waals surface area contributed by atoms with Crippen molar-refractivity contribution < 1.29 is 17.2 Å². The van der Waals surface area contributed by atoms with Crippen molar-refractivity contribution in [1.29, 1.82) is 0 Å². The number of halogens is 2. The van der Waals surface area contributed by atoms with E-state index in [9.17, 15) is 17.2 Å². The summed E-state index contributed by atoms with van der Waals surface area (Å²) in [5, 5.41) is 0. The predicted octanol–water partition coefficient (Wildman–Crippen LogP) is 1.98. The maximum atomic E-state index is 13.8. The molecule has 0 fully saturated rings. The molecular weight excluding hydrogens is 300 g/mol. The van der Waals surface area contributed by atoms with Gasteiger partial charge in [0.25, 0.3) is 0 Å². The molecule has 5 nitrogen and oxygen atoms in total. The Labute approximate surface area is 120 Å². The molecule has 21 heavy (non-hydrogen) atoms. The van der Waals surface area contributed by atoms with Gasteiger partial charge in [0.05, 0.1) is 11.7 Å². The highest BCUT2D eigenvalue weighted by atomic mass is 32.2. The second kappa shape index (κ2) is 5.74. The first-order valence-electron chi connectivity index (χ1n) is 5.99. The van der Waals surface area contributed by atoms with E-state index < -0.39 is 38.3 Å². The Morgan fingerprint density at radius 3 is 2.57 bits per heavy atom. The third kappa shape index (κ3) is 3.17. The molecule has 0 spiro atoms. The molecule has 112 valence electrons. The molecule has 1 aromatic heterocycles. The van der Waals surface area contributed by atoms with Gasteiger partial charge in [0.2, 0.25) is 10.0 Å². The molecular formula is C13H13F2N3O2S. The van der Waals surface area contributed by atoms with Gasteiger partial charge in [-0.15, -0.1) is 0 Å². The molecule has 3 N–H and O–H groups in total. The number of nitrogens with one attached hydrogen (secondary N) is 1. The number of nitrogens with zero attached hydrogens (tertiary/aromatic N) is 1. The van der Waals surface area contributed by atoms with E-state index in [1.807, 2.05) is 0 Å². The number of aromatic nitrogens is 1. The number of nitrogen functional groups attached to an aromatic ring is 1. The predicted molar refractivity (Wildman–Crippen MR) is 73.7 cm³/mol. The second-order valence-electron chi connectivity index (χ2n) is 4.37. The average Bonchev–Trinajstić information content (AvgIpc) is 2.45. The van der Waals surface area contributed by atoms with Crippen LogP contribution >= 0.6 is 0 Å². The zero-order valence-corrected chi connectivity index (χ0v) is 11.9. The van der Waals surface area contributed by atoms with Crippen molar-refractivity contribution in [3.8, 4) is 0 Å². The highest BCUT2D eigenvalue weighted by Crippen LogP contribution is 2.24. The Morgan fingerprint density at radius 1 is 1.24 bits per heavy atom. The van der Waals surface area contributed by atoms with E-state index in [0.29, 0.717) is 5.69 Å². The third-order valence-electron chi connectivity index (χ3n) is 2.84. The average molecular weight is 313 g/mol. The van der Waals surface area contributed by atoms with Crippen molar-refractivity contribution in [3.63, 3.8) is 0 Å². The van der Waals surface area contributed by atoms with Gasteiger partial charge in [-0.25, -0.2) is 21.9 Å². The topological polar surface area (TPSA) is 85.1 Å². The minimum Gasteiger partial charge on any atom is -0.394 e. The summed E-state index contributed by atoms with van der Waals surface area (Å²) in [4.78, 5) is 3.30. The van der Waals surface area contributed by atoms with E-state index in [0.717, 1.165) is 12.1 Å². The molecule has 0 amide bonds. The van der Waals surface area contributed by atoms with Gasteiger partial charge in [0.15, 0.2) is 5.82 Å². The van der Waals surface area contributed by atoms with Gasteiger partial charge in [-0.3, -0.25) is 4.98 Å². The van der Waals surface area contributed by atoms with Crippen LogP contribution in [-0.2, 0) is 10.0 Å². The molecule has 2 rings (SSSR count). The van der Waals surface area contributed by atoms with Crippen LogP contribution in [0.3, 0.4) is 0 Å². The molecule has 1 unspecified atom stereocenters. The highest BCUT2D eigenvalue weighted by molar-refractivity contribution is 7.89. The number of hydrogen-bond acceptors (Lipinski definition) is 4. The molecule has 2 aromatic rings. The Morgan fingerprint density at radius 2 is 1.95 bits per heavy atom. The van der Waals surface area contributed by atoms with E-state index >= 15 is 0 Å². The molecule has 1 aromatic carbocycles. The standard InChI is InChI=1S/C13H13F2N3O2S/c1-8(10-4-2-3-7-17-10)18-21(19,20)11-6-5-9(14)13(16)12(11)15/h2-8,18H,16H2,1H3. The van der Waals surface area contributed by atoms with Crippen LogP contribution in [0.5, 0.6) is 0 Å². The van der Waals surface area contributed by atoms with Crippen LogP contribution in [-0.4, -0.2) is 13.4 Å². The zero-order chi connectivity index (χ0) is 15.6. The summed E-state index contributed by atoms with van der Waals surface area (Å²) >= 11 is 0. The Hall–Kier alpha value is -2.06. The lowest BCUT2D eigenvalue weighted by atomic mass is 10.2. The van der Waals surface area contributed by atoms with Crippen molar-refractivity contribution >= 4 is 15.7 Å². The SMILES string of the molecule is CC(NS(=O)(=O)c1ccc(F)c(N)c1F)c1ccccn1. The van der Waals surface area contributed by atoms with Crippen LogP contribution in [0.25, 0.3) is 0 Å². The number of pyridine rings is 1. The molecule has 0 aliphatic heterocycles. The number of hydrogen-bond donors (Lipinski definition) is 2. The lowest BCUT2D eigenvalue weighted by Crippen LogP contribution is -2.28. The van der Waals surface area contributed by atoms with Gasteiger partial charge in [-0.05, 0) is 31.2 Å². The number of benzene rings is 1. The minimum absolute atomic E-state index is 0.469. The van der Waals surface area contributed by atoms with Crippen molar-refractivity contribution in [2.45, 2.75) is 17.9 Å². The van der Waals surface area contributed by atoms with Crippen LogP contribution in [0, 0.1) is 11.6 Å². The fourth-order valence-corrected chi connectivity index (χ4v) is 3.05. The lowest BCUT2D eigenvalue weighted by Gasteiger charge is -2.14. The first-order valence-corrected chi connectivity index (χ1v) is 7.48. The Kier molecular flexibility index (Phi) is 4.19. The Bertz CT molecular complexity index is 752. The van der Waals surface area contributed by atoms with Gasteiger partial charge in [0.1, 0.15) is 16.4 Å². The largest absolute Gasteiger partial charge is 0.394 e. The quantitative estimate of drug-likeness (QED) is 0.845. The maximum absolute atomic E-state index is 13.8. The van der Waals surface area contributed by atoms with Crippen molar-refractivity contribution in [2.24, 2.45) is 0 Å². The molecule has 1 heterocycles. The van der Waals surface area contributed by atoms with E-state index in [1.54, 1.807) is 25.1 Å². The first-order chi connectivity index (χ1) is 9.83. The summed E-state index contributed by atoms with van der Waals surface area (Å²) in [6.07, 6.45) is 1.51. The van der Waals surface area contributed by atoms with Crippen LogP contribution in [0.15, 0.2) is 41.4 Å². The second-order valence-corrected chi connectivity index (χ2v) is 6.05. The van der Waals surface area contributed by atoms with Crippen LogP contribution in [0.2, 0.25) is 0 Å². The van der Waals surface area contributed by atoms with Crippen LogP contribution in [0.1, 0.15) is 18.7 Å². The van der Waals surface area contributed by atoms with E-state index in [-0.39, 0.29) is 0 Å². The lowest BCUT2D eigenvalue weighted by molar-refractivity contribution is 0.539. The summed E-state index contributed by atoms with van der Waals surface area (Å²) in [6, 6.07) is 5.96. The molecule has 0 aliphatic carbocycles. The molecule has 0 saturated carbocycles. The molecule has 0 bridgehead atoms. The summed E-state index contributed by atoms with van der Waals surface area (Å²) in [6.45, 7) is 1.56. The van der Waals surface area contributed by atoms with E-state index in [1.165, 1.54) is 6.20 Å². The van der Waals surface area contributed by atoms with Gasteiger partial charge in [-0.2, -0.15) is 0 Å². The normalized spacial score (nSPS) is 13.1. The van der Waals surface area contributed by atoms with Gasteiger partial charge in [-0.1, -0.05) is 6.07 Å². The zero-order valence-electron chi connectivity index (χ0n) is 11.0. The summed E-state index contributed by atoms with van der Waals surface area (Å²) in [5.74, 6) is -2.32. The maximum Gasteiger partial charge on any atom is 0.244 e.